The van der Waals surface area contributed by atoms with Crippen molar-refractivity contribution in [2.45, 2.75) is 71.8 Å². The number of likely N-dealkylation sites (tertiary alicyclic amines) is 2. The van der Waals surface area contributed by atoms with Crippen LogP contribution in [0.15, 0.2) is 4.99 Å². The Kier molecular flexibility index (Phi) is 9.95. The van der Waals surface area contributed by atoms with Crippen molar-refractivity contribution in [3.8, 4) is 0 Å². The zero-order valence-electron chi connectivity index (χ0n) is 17.8. The third-order valence-corrected chi connectivity index (χ3v) is 5.75. The van der Waals surface area contributed by atoms with Gasteiger partial charge in [0.05, 0.1) is 6.54 Å². The number of hydrogen-bond acceptors (Lipinski definition) is 3. The highest BCUT2D eigenvalue weighted by Crippen LogP contribution is 2.17. The summed E-state index contributed by atoms with van der Waals surface area (Å²) in [5.74, 6) is 1.69. The quantitative estimate of drug-likeness (QED) is 0.502. The molecule has 0 bridgehead atoms. The molecule has 2 aliphatic rings. The molecule has 156 valence electrons. The Hall–Kier alpha value is -1.30. The molecule has 2 aliphatic heterocycles. The number of carbonyl (C=O) groups is 1. The number of nitrogens with zero attached hydrogens (tertiary/aromatic N) is 3. The van der Waals surface area contributed by atoms with Gasteiger partial charge in [-0.25, -0.2) is 0 Å². The van der Waals surface area contributed by atoms with E-state index in [9.17, 15) is 4.79 Å². The summed E-state index contributed by atoms with van der Waals surface area (Å²) in [4.78, 5) is 21.7. The van der Waals surface area contributed by atoms with E-state index in [0.29, 0.717) is 24.9 Å². The molecule has 2 fully saturated rings. The summed E-state index contributed by atoms with van der Waals surface area (Å²) in [6, 6.07) is 0.491. The lowest BCUT2D eigenvalue weighted by molar-refractivity contribution is -0.129. The molecule has 1 atom stereocenters. The van der Waals surface area contributed by atoms with Gasteiger partial charge in [-0.2, -0.15) is 0 Å². The minimum Gasteiger partial charge on any atom is -0.357 e. The molecule has 0 spiro atoms. The van der Waals surface area contributed by atoms with Crippen molar-refractivity contribution in [3.05, 3.63) is 0 Å². The van der Waals surface area contributed by atoms with Crippen LogP contribution in [0.2, 0.25) is 0 Å². The van der Waals surface area contributed by atoms with Crippen molar-refractivity contribution in [2.24, 2.45) is 10.9 Å². The zero-order valence-corrected chi connectivity index (χ0v) is 17.8. The van der Waals surface area contributed by atoms with Crippen LogP contribution in [0, 0.1) is 5.92 Å². The van der Waals surface area contributed by atoms with Gasteiger partial charge < -0.3 is 15.5 Å². The molecule has 2 heterocycles. The van der Waals surface area contributed by atoms with Crippen LogP contribution in [0.4, 0.5) is 0 Å². The number of amides is 1. The summed E-state index contributed by atoms with van der Waals surface area (Å²) in [5, 5.41) is 6.69. The molecular weight excluding hydrogens is 338 g/mol. The number of hydrogen-bond donors (Lipinski definition) is 2. The van der Waals surface area contributed by atoms with E-state index in [0.717, 1.165) is 45.0 Å². The number of guanidine groups is 1. The van der Waals surface area contributed by atoms with Crippen molar-refractivity contribution in [1.29, 1.82) is 0 Å². The molecule has 2 N–H and O–H groups in total. The van der Waals surface area contributed by atoms with Crippen molar-refractivity contribution in [1.82, 2.24) is 20.4 Å². The van der Waals surface area contributed by atoms with Gasteiger partial charge in [-0.1, -0.05) is 26.7 Å². The number of carbonyl (C=O) groups excluding carboxylic acids is 1. The Balaban J connectivity index is 1.84. The Bertz CT molecular complexity index is 451. The lowest BCUT2D eigenvalue weighted by atomic mass is 10.0. The van der Waals surface area contributed by atoms with E-state index in [1.54, 1.807) is 0 Å². The summed E-state index contributed by atoms with van der Waals surface area (Å²) in [6.45, 7) is 13.3. The Morgan fingerprint density at radius 2 is 1.59 bits per heavy atom. The van der Waals surface area contributed by atoms with Crippen molar-refractivity contribution < 1.29 is 4.79 Å². The standard InChI is InChI=1S/C21H41N5O/c1-4-22-21(23-12-11-20(27)26-15-9-10-16-26)24-17-19(18(2)3)25-13-7-5-6-8-14-25/h18-19H,4-17H2,1-3H3,(H2,22,23,24). The van der Waals surface area contributed by atoms with E-state index >= 15 is 0 Å². The van der Waals surface area contributed by atoms with Gasteiger partial charge in [0.25, 0.3) is 0 Å². The highest BCUT2D eigenvalue weighted by atomic mass is 16.2. The maximum atomic E-state index is 12.2. The van der Waals surface area contributed by atoms with Crippen LogP contribution in [0.5, 0.6) is 0 Å². The lowest BCUT2D eigenvalue weighted by Gasteiger charge is -2.32. The summed E-state index contributed by atoms with van der Waals surface area (Å²) < 4.78 is 0. The molecule has 1 unspecified atom stereocenters. The summed E-state index contributed by atoms with van der Waals surface area (Å²) >= 11 is 0. The largest absolute Gasteiger partial charge is 0.357 e. The van der Waals surface area contributed by atoms with E-state index in [4.69, 9.17) is 4.99 Å². The molecule has 0 aromatic heterocycles. The second kappa shape index (κ2) is 12.2. The monoisotopic (exact) mass is 379 g/mol. The average molecular weight is 380 g/mol. The highest BCUT2D eigenvalue weighted by molar-refractivity contribution is 5.81. The first-order valence-electron chi connectivity index (χ1n) is 11.2. The molecule has 0 aromatic rings. The van der Waals surface area contributed by atoms with Gasteiger partial charge in [-0.3, -0.25) is 14.7 Å². The third kappa shape index (κ3) is 7.68. The van der Waals surface area contributed by atoms with Crippen LogP contribution in [0.3, 0.4) is 0 Å². The fraction of sp³-hybridized carbons (Fsp3) is 0.905. The summed E-state index contributed by atoms with van der Waals surface area (Å²) in [6.07, 6.45) is 8.18. The van der Waals surface area contributed by atoms with E-state index in [1.807, 2.05) is 4.90 Å². The van der Waals surface area contributed by atoms with Crippen LogP contribution in [0.1, 0.15) is 65.7 Å². The fourth-order valence-corrected chi connectivity index (χ4v) is 4.11. The van der Waals surface area contributed by atoms with E-state index < -0.39 is 0 Å². The first-order chi connectivity index (χ1) is 13.1. The predicted molar refractivity (Wildman–Crippen MR) is 113 cm³/mol. The van der Waals surface area contributed by atoms with Crippen LogP contribution in [0.25, 0.3) is 0 Å². The topological polar surface area (TPSA) is 60.0 Å². The molecule has 2 rings (SSSR count). The minimum absolute atomic E-state index is 0.264. The van der Waals surface area contributed by atoms with Crippen LogP contribution < -0.4 is 10.6 Å². The van der Waals surface area contributed by atoms with Gasteiger partial charge in [0.1, 0.15) is 0 Å². The molecule has 6 heteroatoms. The van der Waals surface area contributed by atoms with Gasteiger partial charge in [-0.15, -0.1) is 0 Å². The van der Waals surface area contributed by atoms with Crippen molar-refractivity contribution in [3.63, 3.8) is 0 Å². The summed E-state index contributed by atoms with van der Waals surface area (Å²) in [5.41, 5.74) is 0. The molecule has 0 saturated carbocycles. The first kappa shape index (κ1) is 22.0. The molecule has 2 saturated heterocycles. The van der Waals surface area contributed by atoms with E-state index in [2.05, 4.69) is 36.3 Å². The van der Waals surface area contributed by atoms with Crippen LogP contribution >= 0.6 is 0 Å². The van der Waals surface area contributed by atoms with Crippen molar-refractivity contribution >= 4 is 11.9 Å². The maximum absolute atomic E-state index is 12.2. The maximum Gasteiger partial charge on any atom is 0.224 e. The van der Waals surface area contributed by atoms with Crippen molar-refractivity contribution in [2.75, 3.05) is 45.8 Å². The van der Waals surface area contributed by atoms with Gasteiger partial charge in [0, 0.05) is 38.6 Å². The normalized spacial score (nSPS) is 20.6. The molecular formula is C21H41N5O. The van der Waals surface area contributed by atoms with Gasteiger partial charge >= 0.3 is 0 Å². The SMILES string of the molecule is CCNC(=NCC(C(C)C)N1CCCCCC1)NCCC(=O)N1CCCC1. The van der Waals surface area contributed by atoms with E-state index in [-0.39, 0.29) is 5.91 Å². The van der Waals surface area contributed by atoms with Gasteiger partial charge in [0.15, 0.2) is 5.96 Å². The number of rotatable bonds is 8. The molecule has 0 radical (unpaired) electrons. The Morgan fingerprint density at radius 3 is 2.19 bits per heavy atom. The number of nitrogens with one attached hydrogen (secondary N) is 2. The van der Waals surface area contributed by atoms with Gasteiger partial charge in [-0.05, 0) is 51.6 Å². The van der Waals surface area contributed by atoms with Gasteiger partial charge in [0.2, 0.25) is 5.91 Å². The first-order valence-corrected chi connectivity index (χ1v) is 11.2. The molecule has 27 heavy (non-hydrogen) atoms. The Morgan fingerprint density at radius 1 is 0.963 bits per heavy atom. The highest BCUT2D eigenvalue weighted by Gasteiger charge is 2.22. The molecule has 0 aliphatic carbocycles. The van der Waals surface area contributed by atoms with Crippen LogP contribution in [-0.4, -0.2) is 73.5 Å². The van der Waals surface area contributed by atoms with Crippen LogP contribution in [-0.2, 0) is 4.79 Å². The molecule has 0 aromatic carbocycles. The second-order valence-corrected chi connectivity index (χ2v) is 8.25. The number of aliphatic imine (C=N–C) groups is 1. The van der Waals surface area contributed by atoms with E-state index in [1.165, 1.54) is 38.8 Å². The zero-order chi connectivity index (χ0) is 19.5. The average Bonchev–Trinajstić information content (AvgIpc) is 3.06. The molecule has 1 amide bonds. The second-order valence-electron chi connectivity index (χ2n) is 8.25. The summed E-state index contributed by atoms with van der Waals surface area (Å²) in [7, 11) is 0. The minimum atomic E-state index is 0.264. The fourth-order valence-electron chi connectivity index (χ4n) is 4.11. The predicted octanol–water partition coefficient (Wildman–Crippen LogP) is 2.45. The third-order valence-electron chi connectivity index (χ3n) is 5.75. The smallest absolute Gasteiger partial charge is 0.224 e. The molecule has 6 nitrogen and oxygen atoms in total. The lowest BCUT2D eigenvalue weighted by Crippen LogP contribution is -2.44. The Labute approximate surface area is 166 Å².